The highest BCUT2D eigenvalue weighted by molar-refractivity contribution is 5.30. The summed E-state index contributed by atoms with van der Waals surface area (Å²) >= 11 is 0. The highest BCUT2D eigenvalue weighted by Gasteiger charge is 2.52. The van der Waals surface area contributed by atoms with E-state index in [4.69, 9.17) is 11.5 Å². The second-order valence-corrected chi connectivity index (χ2v) is 4.08. The number of hydrogen-bond donors (Lipinski definition) is 2. The lowest BCUT2D eigenvalue weighted by molar-refractivity contribution is 0.516. The molecule has 3 heteroatoms. The van der Waals surface area contributed by atoms with Crippen LogP contribution in [-0.2, 0) is 0 Å². The molecule has 0 saturated heterocycles. The first-order valence-corrected chi connectivity index (χ1v) is 4.87. The summed E-state index contributed by atoms with van der Waals surface area (Å²) in [5.41, 5.74) is 12.6. The minimum atomic E-state index is -0.194. The Balaban J connectivity index is 2.16. The summed E-state index contributed by atoms with van der Waals surface area (Å²) < 4.78 is 12.7. The van der Waals surface area contributed by atoms with Gasteiger partial charge in [-0.2, -0.15) is 0 Å². The molecule has 1 aliphatic rings. The fraction of sp³-hybridized carbons (Fsp3) is 0.455. The van der Waals surface area contributed by atoms with E-state index in [-0.39, 0.29) is 11.2 Å². The van der Waals surface area contributed by atoms with Crippen LogP contribution in [0.5, 0.6) is 0 Å². The molecule has 0 aromatic heterocycles. The zero-order chi connectivity index (χ0) is 10.2. The zero-order valence-electron chi connectivity index (χ0n) is 8.04. The number of hydrogen-bond acceptors (Lipinski definition) is 2. The summed E-state index contributed by atoms with van der Waals surface area (Å²) in [6.45, 7) is 1.23. The van der Waals surface area contributed by atoms with Crippen molar-refractivity contribution in [1.82, 2.24) is 0 Å². The van der Waals surface area contributed by atoms with Gasteiger partial charge in [-0.15, -0.1) is 0 Å². The molecule has 1 atom stereocenters. The van der Waals surface area contributed by atoms with Crippen LogP contribution in [0.1, 0.15) is 17.9 Å². The van der Waals surface area contributed by atoms with Crippen LogP contribution in [0.3, 0.4) is 0 Å². The van der Waals surface area contributed by atoms with E-state index in [0.717, 1.165) is 12.0 Å². The van der Waals surface area contributed by atoms with Gasteiger partial charge in [0.25, 0.3) is 0 Å². The fourth-order valence-corrected chi connectivity index (χ4v) is 2.05. The molecule has 0 radical (unpaired) electrons. The predicted octanol–water partition coefficient (Wildman–Crippen LogP) is 1.22. The Hall–Kier alpha value is -0.930. The lowest BCUT2D eigenvalue weighted by atomic mass is 9.99. The van der Waals surface area contributed by atoms with E-state index in [2.05, 4.69) is 0 Å². The number of benzene rings is 1. The van der Waals surface area contributed by atoms with E-state index in [1.165, 1.54) is 12.1 Å². The van der Waals surface area contributed by atoms with Crippen molar-refractivity contribution in [2.45, 2.75) is 12.3 Å². The Bertz CT molecular complexity index is 317. The van der Waals surface area contributed by atoms with Gasteiger partial charge in [0.2, 0.25) is 0 Å². The van der Waals surface area contributed by atoms with E-state index < -0.39 is 0 Å². The average Bonchev–Trinajstić information content (AvgIpc) is 2.94. The van der Waals surface area contributed by atoms with Crippen molar-refractivity contribution in [2.75, 3.05) is 13.1 Å². The lowest BCUT2D eigenvalue weighted by Gasteiger charge is -2.11. The standard InChI is InChI=1S/C11H15FN2/c12-9-3-1-8(2-4-9)10-5-11(10,6-13)7-14/h1-4,10H,5-7,13-14H2. The lowest BCUT2D eigenvalue weighted by Crippen LogP contribution is -2.26. The molecule has 1 unspecified atom stereocenters. The average molecular weight is 194 g/mol. The van der Waals surface area contributed by atoms with Gasteiger partial charge in [-0.25, -0.2) is 4.39 Å². The van der Waals surface area contributed by atoms with E-state index in [0.29, 0.717) is 19.0 Å². The summed E-state index contributed by atoms with van der Waals surface area (Å²) in [5, 5.41) is 0. The highest BCUT2D eigenvalue weighted by atomic mass is 19.1. The monoisotopic (exact) mass is 194 g/mol. The molecule has 14 heavy (non-hydrogen) atoms. The second kappa shape index (κ2) is 3.33. The van der Waals surface area contributed by atoms with Crippen LogP contribution in [0.15, 0.2) is 24.3 Å². The van der Waals surface area contributed by atoms with Crippen molar-refractivity contribution >= 4 is 0 Å². The molecule has 1 fully saturated rings. The molecule has 0 bridgehead atoms. The van der Waals surface area contributed by atoms with Crippen molar-refractivity contribution in [2.24, 2.45) is 16.9 Å². The van der Waals surface area contributed by atoms with Gasteiger partial charge in [-0.05, 0) is 43.1 Å². The third kappa shape index (κ3) is 1.42. The first kappa shape index (κ1) is 9.62. The van der Waals surface area contributed by atoms with Crippen LogP contribution in [0, 0.1) is 11.2 Å². The van der Waals surface area contributed by atoms with Crippen LogP contribution >= 0.6 is 0 Å². The fourth-order valence-electron chi connectivity index (χ4n) is 2.05. The summed E-state index contributed by atoms with van der Waals surface area (Å²) in [7, 11) is 0. The van der Waals surface area contributed by atoms with Gasteiger partial charge in [-0.3, -0.25) is 0 Å². The van der Waals surface area contributed by atoms with Gasteiger partial charge < -0.3 is 11.5 Å². The Labute approximate surface area is 83.1 Å². The Morgan fingerprint density at radius 1 is 1.21 bits per heavy atom. The maximum absolute atomic E-state index is 12.7. The Morgan fingerprint density at radius 2 is 1.79 bits per heavy atom. The van der Waals surface area contributed by atoms with Crippen molar-refractivity contribution in [3.63, 3.8) is 0 Å². The summed E-state index contributed by atoms with van der Waals surface area (Å²) in [5.74, 6) is 0.235. The molecule has 1 saturated carbocycles. The topological polar surface area (TPSA) is 52.0 Å². The van der Waals surface area contributed by atoms with E-state index in [1.54, 1.807) is 0 Å². The SMILES string of the molecule is NCC1(CN)CC1c1ccc(F)cc1. The van der Waals surface area contributed by atoms with E-state index in [9.17, 15) is 4.39 Å². The van der Waals surface area contributed by atoms with Crippen LogP contribution in [0.4, 0.5) is 4.39 Å². The highest BCUT2D eigenvalue weighted by Crippen LogP contribution is 2.57. The molecule has 1 aliphatic carbocycles. The molecular weight excluding hydrogens is 179 g/mol. The molecule has 0 heterocycles. The quantitative estimate of drug-likeness (QED) is 0.760. The molecule has 0 amide bonds. The van der Waals surface area contributed by atoms with Crippen LogP contribution in [-0.4, -0.2) is 13.1 Å². The number of rotatable bonds is 3. The van der Waals surface area contributed by atoms with E-state index in [1.807, 2.05) is 12.1 Å². The minimum Gasteiger partial charge on any atom is -0.330 e. The van der Waals surface area contributed by atoms with Gasteiger partial charge in [0.05, 0.1) is 0 Å². The maximum atomic E-state index is 12.7. The molecular formula is C11H15FN2. The van der Waals surface area contributed by atoms with Gasteiger partial charge in [0, 0.05) is 5.41 Å². The zero-order valence-corrected chi connectivity index (χ0v) is 8.04. The largest absolute Gasteiger partial charge is 0.330 e. The summed E-state index contributed by atoms with van der Waals surface area (Å²) in [6.07, 6.45) is 1.03. The van der Waals surface area contributed by atoms with Gasteiger partial charge >= 0.3 is 0 Å². The summed E-state index contributed by atoms with van der Waals surface area (Å²) in [6, 6.07) is 6.64. The van der Waals surface area contributed by atoms with Crippen molar-refractivity contribution < 1.29 is 4.39 Å². The van der Waals surface area contributed by atoms with Gasteiger partial charge in [0.15, 0.2) is 0 Å². The van der Waals surface area contributed by atoms with E-state index >= 15 is 0 Å². The predicted molar refractivity (Wildman–Crippen MR) is 54.3 cm³/mol. The molecule has 76 valence electrons. The van der Waals surface area contributed by atoms with Crippen molar-refractivity contribution in [1.29, 1.82) is 0 Å². The third-order valence-electron chi connectivity index (χ3n) is 3.28. The molecule has 1 aromatic carbocycles. The van der Waals surface area contributed by atoms with Crippen molar-refractivity contribution in [3.05, 3.63) is 35.6 Å². The molecule has 2 nitrogen and oxygen atoms in total. The molecule has 0 spiro atoms. The molecule has 1 aromatic rings. The number of nitrogens with two attached hydrogens (primary N) is 2. The molecule has 0 aliphatic heterocycles. The maximum Gasteiger partial charge on any atom is 0.123 e. The Morgan fingerprint density at radius 3 is 2.21 bits per heavy atom. The summed E-state index contributed by atoms with van der Waals surface area (Å²) in [4.78, 5) is 0. The van der Waals surface area contributed by atoms with Gasteiger partial charge in [-0.1, -0.05) is 12.1 Å². The molecule has 4 N–H and O–H groups in total. The van der Waals surface area contributed by atoms with Gasteiger partial charge in [0.1, 0.15) is 5.82 Å². The first-order chi connectivity index (χ1) is 6.72. The van der Waals surface area contributed by atoms with Crippen LogP contribution in [0.25, 0.3) is 0 Å². The minimum absolute atomic E-state index is 0.0812. The third-order valence-corrected chi connectivity index (χ3v) is 3.28. The first-order valence-electron chi connectivity index (χ1n) is 4.87. The van der Waals surface area contributed by atoms with Crippen LogP contribution < -0.4 is 11.5 Å². The Kier molecular flexibility index (Phi) is 2.29. The van der Waals surface area contributed by atoms with Crippen molar-refractivity contribution in [3.8, 4) is 0 Å². The number of halogens is 1. The van der Waals surface area contributed by atoms with Crippen LogP contribution in [0.2, 0.25) is 0 Å². The normalized spacial score (nSPS) is 23.5. The molecule has 2 rings (SSSR count). The smallest absolute Gasteiger partial charge is 0.123 e. The second-order valence-electron chi connectivity index (χ2n) is 4.08.